The van der Waals surface area contributed by atoms with E-state index in [-0.39, 0.29) is 13.2 Å². The van der Waals surface area contributed by atoms with E-state index in [1.54, 1.807) is 12.1 Å². The number of rotatable bonds is 5. The van der Waals surface area contributed by atoms with Crippen molar-refractivity contribution < 1.29 is 13.9 Å². The van der Waals surface area contributed by atoms with E-state index in [1.165, 1.54) is 5.01 Å². The molecule has 0 aliphatic carbocycles. The quantitative estimate of drug-likeness (QED) is 0.615. The Morgan fingerprint density at radius 3 is 2.70 bits per heavy atom. The van der Waals surface area contributed by atoms with Gasteiger partial charge < -0.3 is 9.47 Å². The van der Waals surface area contributed by atoms with Gasteiger partial charge in [-0.2, -0.15) is 0 Å². The van der Waals surface area contributed by atoms with Crippen LogP contribution in [0.25, 0.3) is 0 Å². The highest BCUT2D eigenvalue weighted by atomic mass is 19.1. The molecule has 1 unspecified atom stereocenters. The number of alkyl halides is 1. The molecular weight excluding hydrogens is 263 g/mol. The summed E-state index contributed by atoms with van der Waals surface area (Å²) in [6.07, 6.45) is -1.13. The molecule has 0 bridgehead atoms. The molecule has 0 N–H and O–H groups in total. The highest BCUT2D eigenvalue weighted by molar-refractivity contribution is 5.43. The van der Waals surface area contributed by atoms with E-state index in [9.17, 15) is 9.30 Å². The minimum Gasteiger partial charge on any atom is -0.487 e. The average molecular weight is 282 g/mol. The monoisotopic (exact) mass is 282 g/mol. The lowest BCUT2D eigenvalue weighted by atomic mass is 10.1. The van der Waals surface area contributed by atoms with Crippen molar-refractivity contribution in [2.45, 2.75) is 26.6 Å². The van der Waals surface area contributed by atoms with Gasteiger partial charge in [-0.05, 0) is 23.6 Å². The molecule has 0 saturated heterocycles. The lowest BCUT2D eigenvalue weighted by Gasteiger charge is -2.18. The van der Waals surface area contributed by atoms with Gasteiger partial charge in [0.2, 0.25) is 0 Å². The molecule has 1 aliphatic rings. The second-order valence-corrected chi connectivity index (χ2v) is 5.32. The molecule has 110 valence electrons. The van der Waals surface area contributed by atoms with E-state index in [0.29, 0.717) is 30.5 Å². The van der Waals surface area contributed by atoms with Crippen LogP contribution >= 0.6 is 0 Å². The standard InChI is InChI=1S/C14H19FN2O3/c1-10(2)6-17(16-18)7-11-3-4-13-14(5-11)20-9-12(15)8-19-13/h3-5,10,12H,6-9H2,1-2H3. The van der Waals surface area contributed by atoms with Crippen molar-refractivity contribution in [1.82, 2.24) is 5.01 Å². The Morgan fingerprint density at radius 1 is 1.35 bits per heavy atom. The second-order valence-electron chi connectivity index (χ2n) is 5.32. The smallest absolute Gasteiger partial charge is 0.168 e. The average Bonchev–Trinajstić information content (AvgIpc) is 2.60. The van der Waals surface area contributed by atoms with Gasteiger partial charge in [-0.25, -0.2) is 4.39 Å². The molecule has 1 aromatic rings. The van der Waals surface area contributed by atoms with E-state index >= 15 is 0 Å². The molecule has 1 aromatic carbocycles. The highest BCUT2D eigenvalue weighted by Gasteiger charge is 2.18. The van der Waals surface area contributed by atoms with E-state index in [2.05, 4.69) is 5.29 Å². The lowest BCUT2D eigenvalue weighted by molar-refractivity contribution is 0.162. The fourth-order valence-electron chi connectivity index (χ4n) is 2.05. The molecule has 0 spiro atoms. The SMILES string of the molecule is CC(C)CN(Cc1ccc2c(c1)OCC(F)CO2)N=O. The first-order chi connectivity index (χ1) is 9.58. The maximum Gasteiger partial charge on any atom is 0.168 e. The lowest BCUT2D eigenvalue weighted by Crippen LogP contribution is -2.21. The van der Waals surface area contributed by atoms with Crippen LogP contribution in [0.2, 0.25) is 0 Å². The summed E-state index contributed by atoms with van der Waals surface area (Å²) in [6.45, 7) is 5.02. The number of hydrogen-bond donors (Lipinski definition) is 0. The number of halogens is 1. The molecule has 6 heteroatoms. The normalized spacial score (nSPS) is 17.7. The molecule has 0 amide bonds. The summed E-state index contributed by atoms with van der Waals surface area (Å²) >= 11 is 0. The van der Waals surface area contributed by atoms with Gasteiger partial charge in [-0.1, -0.05) is 19.9 Å². The van der Waals surface area contributed by atoms with Gasteiger partial charge >= 0.3 is 0 Å². The number of ether oxygens (including phenoxy) is 2. The van der Waals surface area contributed by atoms with Crippen molar-refractivity contribution in [2.24, 2.45) is 11.2 Å². The van der Waals surface area contributed by atoms with Gasteiger partial charge in [0.1, 0.15) is 13.2 Å². The third-order valence-electron chi connectivity index (χ3n) is 2.90. The molecule has 2 rings (SSSR count). The molecule has 0 radical (unpaired) electrons. The molecule has 20 heavy (non-hydrogen) atoms. The van der Waals surface area contributed by atoms with Gasteiger partial charge in [-0.3, -0.25) is 5.01 Å². The van der Waals surface area contributed by atoms with E-state index in [1.807, 2.05) is 19.9 Å². The maximum absolute atomic E-state index is 13.2. The molecule has 1 heterocycles. The number of hydrogen-bond acceptors (Lipinski definition) is 4. The van der Waals surface area contributed by atoms with Gasteiger partial charge in [0.05, 0.1) is 11.8 Å². The number of benzene rings is 1. The molecule has 0 aromatic heterocycles. The second kappa shape index (κ2) is 6.54. The summed E-state index contributed by atoms with van der Waals surface area (Å²) in [5.74, 6) is 1.39. The maximum atomic E-state index is 13.2. The fraction of sp³-hybridized carbons (Fsp3) is 0.571. The predicted molar refractivity (Wildman–Crippen MR) is 73.4 cm³/mol. The van der Waals surface area contributed by atoms with Crippen molar-refractivity contribution in [3.05, 3.63) is 28.7 Å². The Balaban J connectivity index is 2.08. The summed E-state index contributed by atoms with van der Waals surface area (Å²) in [5, 5.41) is 4.48. The first-order valence-electron chi connectivity index (χ1n) is 6.69. The Morgan fingerprint density at radius 2 is 2.05 bits per heavy atom. The van der Waals surface area contributed by atoms with Crippen LogP contribution < -0.4 is 9.47 Å². The summed E-state index contributed by atoms with van der Waals surface area (Å²) in [5.41, 5.74) is 0.880. The number of nitrogens with zero attached hydrogens (tertiary/aromatic N) is 2. The van der Waals surface area contributed by atoms with Crippen LogP contribution in [0.1, 0.15) is 19.4 Å². The summed E-state index contributed by atoms with van der Waals surface area (Å²) in [7, 11) is 0. The zero-order chi connectivity index (χ0) is 14.5. The van der Waals surface area contributed by atoms with Crippen LogP contribution in [0.3, 0.4) is 0 Å². The van der Waals surface area contributed by atoms with E-state index < -0.39 is 6.17 Å². The van der Waals surface area contributed by atoms with Crippen LogP contribution in [0.4, 0.5) is 4.39 Å². The van der Waals surface area contributed by atoms with Gasteiger partial charge in [0, 0.05) is 6.54 Å². The Labute approximate surface area is 117 Å². The largest absolute Gasteiger partial charge is 0.487 e. The Bertz CT molecular complexity index is 468. The first kappa shape index (κ1) is 14.6. The minimum atomic E-state index is -1.13. The molecular formula is C14H19FN2O3. The van der Waals surface area contributed by atoms with Gasteiger partial charge in [0.15, 0.2) is 17.7 Å². The molecule has 5 nitrogen and oxygen atoms in total. The Kier molecular flexibility index (Phi) is 4.76. The molecule has 1 atom stereocenters. The first-order valence-corrected chi connectivity index (χ1v) is 6.69. The fourth-order valence-corrected chi connectivity index (χ4v) is 2.05. The summed E-state index contributed by atoms with van der Waals surface area (Å²) in [6, 6.07) is 5.34. The van der Waals surface area contributed by atoms with E-state index in [4.69, 9.17) is 9.47 Å². The highest BCUT2D eigenvalue weighted by Crippen LogP contribution is 2.31. The zero-order valence-electron chi connectivity index (χ0n) is 11.7. The Hall–Kier alpha value is -1.85. The van der Waals surface area contributed by atoms with Gasteiger partial charge in [0.25, 0.3) is 0 Å². The molecule has 1 aliphatic heterocycles. The number of fused-ring (bicyclic) bond motifs is 1. The predicted octanol–water partition coefficient (Wildman–Crippen LogP) is 2.94. The third kappa shape index (κ3) is 3.82. The van der Waals surface area contributed by atoms with Crippen LogP contribution in [-0.4, -0.2) is 30.9 Å². The van der Waals surface area contributed by atoms with Crippen LogP contribution in [0.15, 0.2) is 23.5 Å². The zero-order valence-corrected chi connectivity index (χ0v) is 11.7. The van der Waals surface area contributed by atoms with Crippen molar-refractivity contribution in [1.29, 1.82) is 0 Å². The van der Waals surface area contributed by atoms with E-state index in [0.717, 1.165) is 5.56 Å². The van der Waals surface area contributed by atoms with Crippen molar-refractivity contribution >= 4 is 0 Å². The summed E-state index contributed by atoms with van der Waals surface area (Å²) in [4.78, 5) is 10.8. The molecule has 0 fully saturated rings. The van der Waals surface area contributed by atoms with Crippen molar-refractivity contribution in [2.75, 3.05) is 19.8 Å². The van der Waals surface area contributed by atoms with Crippen LogP contribution in [-0.2, 0) is 6.54 Å². The van der Waals surface area contributed by atoms with Gasteiger partial charge in [-0.15, -0.1) is 4.91 Å². The summed E-state index contributed by atoms with van der Waals surface area (Å²) < 4.78 is 23.9. The molecule has 0 saturated carbocycles. The van der Waals surface area contributed by atoms with Crippen molar-refractivity contribution in [3.8, 4) is 11.5 Å². The topological polar surface area (TPSA) is 51.1 Å². The van der Waals surface area contributed by atoms with Crippen LogP contribution in [0, 0.1) is 10.8 Å². The van der Waals surface area contributed by atoms with Crippen LogP contribution in [0.5, 0.6) is 11.5 Å². The number of nitroso groups, excluding NO2 is 1. The third-order valence-corrected chi connectivity index (χ3v) is 2.90. The minimum absolute atomic E-state index is 0.00170. The van der Waals surface area contributed by atoms with Crippen molar-refractivity contribution in [3.63, 3.8) is 0 Å².